The monoisotopic (exact) mass is 600 g/mol. The third-order valence-electron chi connectivity index (χ3n) is 8.18. The van der Waals surface area contributed by atoms with Gasteiger partial charge in [0.05, 0.1) is 22.8 Å². The van der Waals surface area contributed by atoms with Crippen molar-refractivity contribution in [2.45, 2.75) is 0 Å². The quantitative estimate of drug-likeness (QED) is 0.112. The molecule has 0 aliphatic carbocycles. The van der Waals surface area contributed by atoms with Gasteiger partial charge >= 0.3 is 0 Å². The van der Waals surface area contributed by atoms with E-state index in [0.29, 0.717) is 0 Å². The molecule has 2 aliphatic rings. The van der Waals surface area contributed by atoms with Crippen LogP contribution in [0, 0.1) is 0 Å². The van der Waals surface area contributed by atoms with Crippen LogP contribution in [0.4, 0.5) is 0 Å². The summed E-state index contributed by atoms with van der Waals surface area (Å²) in [5, 5.41) is 7.44. The maximum absolute atomic E-state index is 5.15. The van der Waals surface area contributed by atoms with Crippen molar-refractivity contribution in [3.8, 4) is 0 Å². The molecule has 5 heterocycles. The Labute approximate surface area is 260 Å². The average molecular weight is 602 g/mol. The molecule has 2 N–H and O–H groups in total. The molecule has 0 spiro atoms. The Balaban J connectivity index is 0.00000278. The second-order valence-electron chi connectivity index (χ2n) is 11.0. The maximum atomic E-state index is 5.15. The van der Waals surface area contributed by atoms with Gasteiger partial charge < -0.3 is 9.97 Å². The Morgan fingerprint density at radius 2 is 1.07 bits per heavy atom. The van der Waals surface area contributed by atoms with Crippen molar-refractivity contribution < 1.29 is 19.5 Å². The third kappa shape index (κ3) is 4.50. The summed E-state index contributed by atoms with van der Waals surface area (Å²) in [6, 6.07) is 41.0. The summed E-state index contributed by atoms with van der Waals surface area (Å²) >= 11 is 0. The first-order chi connectivity index (χ1) is 20.7. The number of H-pyrrole nitrogens is 2. The van der Waals surface area contributed by atoms with Gasteiger partial charge in [-0.05, 0) is 117 Å². The molecule has 7 aromatic rings. The Morgan fingerprint density at radius 1 is 0.465 bits per heavy atom. The van der Waals surface area contributed by atoms with Crippen LogP contribution in [0.15, 0.2) is 115 Å². The standard InChI is InChI=1S/C38H24N4.Zn/c1-2-5-25-17-35-26(16-24(25)4-1)9-8-23-6-3-7-34(38(23)35)36-21-33-20-31-13-12-29(40-31)18-27-10-11-28(39-27)19-30-14-15-32(41-30)22-37(36)42-33;/h1-22,40-41H;. The van der Waals surface area contributed by atoms with Gasteiger partial charge in [-0.15, -0.1) is 0 Å². The largest absolute Gasteiger partial charge is 0.355 e. The van der Waals surface area contributed by atoms with Crippen LogP contribution < -0.4 is 0 Å². The fourth-order valence-electron chi connectivity index (χ4n) is 6.26. The number of aromatic amines is 2. The summed E-state index contributed by atoms with van der Waals surface area (Å²) in [5.41, 5.74) is 9.97. The molecular formula is C38H24N4Zn. The zero-order valence-electron chi connectivity index (χ0n) is 23.3. The van der Waals surface area contributed by atoms with Crippen LogP contribution in [0.5, 0.6) is 0 Å². The van der Waals surface area contributed by atoms with Gasteiger partial charge in [0.15, 0.2) is 0 Å². The molecule has 43 heavy (non-hydrogen) atoms. The minimum absolute atomic E-state index is 0. The number of hydrogen-bond acceptors (Lipinski definition) is 2. The van der Waals surface area contributed by atoms with Gasteiger partial charge in [0, 0.05) is 47.1 Å². The zero-order chi connectivity index (χ0) is 27.6. The molecule has 198 valence electrons. The number of aromatic nitrogens is 4. The second-order valence-corrected chi connectivity index (χ2v) is 11.0. The Kier molecular flexibility index (Phi) is 5.95. The number of nitrogens with one attached hydrogen (secondary N) is 2. The fourth-order valence-corrected chi connectivity index (χ4v) is 6.26. The first kappa shape index (κ1) is 25.6. The zero-order valence-corrected chi connectivity index (χ0v) is 26.3. The van der Waals surface area contributed by atoms with Crippen molar-refractivity contribution >= 4 is 78.2 Å². The van der Waals surface area contributed by atoms with E-state index >= 15 is 0 Å². The molecule has 4 aromatic carbocycles. The predicted octanol–water partition coefficient (Wildman–Crippen LogP) is 9.53. The van der Waals surface area contributed by atoms with E-state index in [1.165, 1.54) is 37.9 Å². The molecule has 0 amide bonds. The molecule has 0 saturated carbocycles. The molecule has 4 nitrogen and oxygen atoms in total. The maximum Gasteiger partial charge on any atom is 0.0736 e. The van der Waals surface area contributed by atoms with E-state index in [4.69, 9.17) is 9.97 Å². The summed E-state index contributed by atoms with van der Waals surface area (Å²) in [6.07, 6.45) is 6.29. The van der Waals surface area contributed by atoms with Crippen LogP contribution in [0.3, 0.4) is 0 Å². The van der Waals surface area contributed by atoms with Crippen molar-refractivity contribution in [1.29, 1.82) is 0 Å². The van der Waals surface area contributed by atoms with Crippen molar-refractivity contribution in [2.75, 3.05) is 0 Å². The van der Waals surface area contributed by atoms with Crippen LogP contribution in [-0.2, 0) is 19.5 Å². The van der Waals surface area contributed by atoms with E-state index in [0.717, 1.165) is 50.4 Å². The number of rotatable bonds is 1. The summed E-state index contributed by atoms with van der Waals surface area (Å²) in [6.45, 7) is 0. The molecule has 8 bridgehead atoms. The molecule has 0 saturated heterocycles. The minimum atomic E-state index is 0. The summed E-state index contributed by atoms with van der Waals surface area (Å²) in [7, 11) is 0. The molecular weight excluding hydrogens is 578 g/mol. The van der Waals surface area contributed by atoms with E-state index in [-0.39, 0.29) is 19.5 Å². The van der Waals surface area contributed by atoms with Crippen molar-refractivity contribution in [3.63, 3.8) is 0 Å². The molecule has 0 fully saturated rings. The van der Waals surface area contributed by atoms with Gasteiger partial charge in [-0.2, -0.15) is 0 Å². The van der Waals surface area contributed by atoms with Gasteiger partial charge in [0.25, 0.3) is 0 Å². The Bertz CT molecular complexity index is 2480. The van der Waals surface area contributed by atoms with Gasteiger partial charge in [0.2, 0.25) is 0 Å². The van der Waals surface area contributed by atoms with E-state index < -0.39 is 0 Å². The number of benzene rings is 4. The fraction of sp³-hybridized carbons (Fsp3) is 0. The van der Waals surface area contributed by atoms with Crippen LogP contribution in [0.1, 0.15) is 28.3 Å². The van der Waals surface area contributed by atoms with E-state index in [1.807, 2.05) is 12.2 Å². The van der Waals surface area contributed by atoms with E-state index in [2.05, 4.69) is 131 Å². The smallest absolute Gasteiger partial charge is 0.0736 e. The van der Waals surface area contributed by atoms with Crippen molar-refractivity contribution in [1.82, 2.24) is 19.9 Å². The molecule has 3 aromatic heterocycles. The van der Waals surface area contributed by atoms with Gasteiger partial charge in [0.1, 0.15) is 0 Å². The van der Waals surface area contributed by atoms with Crippen LogP contribution in [0.2, 0.25) is 0 Å². The van der Waals surface area contributed by atoms with Gasteiger partial charge in [-0.25, -0.2) is 9.97 Å². The van der Waals surface area contributed by atoms with Gasteiger partial charge in [-0.1, -0.05) is 54.6 Å². The first-order valence-corrected chi connectivity index (χ1v) is 14.1. The summed E-state index contributed by atoms with van der Waals surface area (Å²) in [4.78, 5) is 17.0. The Hall–Kier alpha value is -5.12. The molecule has 2 aliphatic heterocycles. The third-order valence-corrected chi connectivity index (χ3v) is 8.18. The SMILES string of the molecule is C1=Cc2cc3ccc(cc4nc(cc5ccc(cc1n2)[nH]5)C=C4c1cccc2ccc4cc5ccccc5cc4c12)[nH]3.[Zn]. The molecule has 0 radical (unpaired) electrons. The van der Waals surface area contributed by atoms with E-state index in [9.17, 15) is 0 Å². The van der Waals surface area contributed by atoms with Crippen molar-refractivity contribution in [2.24, 2.45) is 0 Å². The van der Waals surface area contributed by atoms with Crippen LogP contribution >= 0.6 is 0 Å². The second kappa shape index (κ2) is 10.0. The number of hydrogen-bond donors (Lipinski definition) is 2. The molecule has 5 heteroatoms. The molecule has 0 unspecified atom stereocenters. The van der Waals surface area contributed by atoms with Crippen LogP contribution in [-0.4, -0.2) is 19.9 Å². The summed E-state index contributed by atoms with van der Waals surface area (Å²) < 4.78 is 0. The van der Waals surface area contributed by atoms with Crippen LogP contribution in [0.25, 0.3) is 78.2 Å². The topological polar surface area (TPSA) is 57.4 Å². The number of nitrogens with zero attached hydrogens (tertiary/aromatic N) is 2. The van der Waals surface area contributed by atoms with Gasteiger partial charge in [-0.3, -0.25) is 0 Å². The summed E-state index contributed by atoms with van der Waals surface area (Å²) in [5.74, 6) is 0. The van der Waals surface area contributed by atoms with E-state index in [1.54, 1.807) is 0 Å². The number of fused-ring (bicyclic) bond motifs is 12. The molecule has 9 rings (SSSR count). The average Bonchev–Trinajstić information content (AvgIpc) is 3.81. The predicted molar refractivity (Wildman–Crippen MR) is 176 cm³/mol. The van der Waals surface area contributed by atoms with Crippen molar-refractivity contribution in [3.05, 3.63) is 144 Å². The normalized spacial score (nSPS) is 12.5. The Morgan fingerprint density at radius 3 is 1.79 bits per heavy atom. The molecule has 0 atom stereocenters. The minimum Gasteiger partial charge on any atom is -0.355 e. The first-order valence-electron chi connectivity index (χ1n) is 14.1.